The van der Waals surface area contributed by atoms with E-state index in [2.05, 4.69) is 9.78 Å². The second kappa shape index (κ2) is 56.3. The molecule has 15 N–H and O–H groups in total. The number of ether oxygens (including phenoxy) is 6. The monoisotopic (exact) mass is 1020 g/mol. The van der Waals surface area contributed by atoms with Gasteiger partial charge in [-0.05, 0) is 59.3 Å². The van der Waals surface area contributed by atoms with Crippen LogP contribution >= 0.6 is 0 Å². The molecule has 0 fully saturated rings. The minimum Gasteiger partial charge on any atom is -0.396 e. The molecule has 24 nitrogen and oxygen atoms in total. The zero-order valence-electron chi connectivity index (χ0n) is 42.9. The molecule has 0 saturated heterocycles. The Bertz CT molecular complexity index is 904. The topological polar surface area (TPSA) is 381 Å². The van der Waals surface area contributed by atoms with Gasteiger partial charge in [-0.15, -0.1) is 0 Å². The second-order valence-corrected chi connectivity index (χ2v) is 16.7. The molecule has 0 rings (SSSR count). The molecule has 0 amide bonds. The Morgan fingerprint density at radius 2 is 0.812 bits per heavy atom. The summed E-state index contributed by atoms with van der Waals surface area (Å²) in [6, 6.07) is 0. The minimum atomic E-state index is -0.667. The van der Waals surface area contributed by atoms with E-state index in [1.807, 2.05) is 20.8 Å². The van der Waals surface area contributed by atoms with E-state index >= 15 is 0 Å². The predicted octanol–water partition coefficient (Wildman–Crippen LogP) is -1.89. The largest absolute Gasteiger partial charge is 0.396 e. The quantitative estimate of drug-likeness (QED) is 0.0180. The molecule has 424 valence electrons. The lowest BCUT2D eigenvalue weighted by atomic mass is 9.88. The smallest absolute Gasteiger partial charge is 0.113 e. The van der Waals surface area contributed by atoms with Crippen LogP contribution in [0.3, 0.4) is 0 Å². The van der Waals surface area contributed by atoms with Gasteiger partial charge in [0.2, 0.25) is 0 Å². The first-order valence-corrected chi connectivity index (χ1v) is 23.9. The van der Waals surface area contributed by atoms with Crippen molar-refractivity contribution in [3.8, 4) is 0 Å². The highest BCUT2D eigenvalue weighted by Crippen LogP contribution is 2.25. The van der Waals surface area contributed by atoms with Crippen LogP contribution in [0, 0.1) is 16.2 Å². The van der Waals surface area contributed by atoms with Gasteiger partial charge < -0.3 is 94.8 Å². The van der Waals surface area contributed by atoms with Crippen molar-refractivity contribution in [2.24, 2.45) is 16.2 Å². The van der Waals surface area contributed by atoms with Crippen LogP contribution in [-0.4, -0.2) is 278 Å². The van der Waals surface area contributed by atoms with Gasteiger partial charge in [0.15, 0.2) is 0 Å². The minimum absolute atomic E-state index is 0.0312. The number of rotatable bonds is 43. The summed E-state index contributed by atoms with van der Waals surface area (Å²) < 4.78 is 32.8. The van der Waals surface area contributed by atoms with E-state index in [0.29, 0.717) is 78.5 Å². The Morgan fingerprint density at radius 3 is 1.09 bits per heavy atom. The highest BCUT2D eigenvalue weighted by Gasteiger charge is 2.31. The molecule has 0 aliphatic rings. The van der Waals surface area contributed by atoms with Gasteiger partial charge in [-0.3, -0.25) is 15.4 Å². The molecular weight excluding hydrogens is 922 g/mol. The Labute approximate surface area is 411 Å². The SMILES string of the molecule is CCC(CO)(CO)CO.CCC(COCC(C)O)(COCC(C)O)COCC(C)OO.CCC(COCCO)(COCCO)COCCOO.OCCCCC(O)CO.OCCN(CCO)CCO. The summed E-state index contributed by atoms with van der Waals surface area (Å²) in [7, 11) is 0. The van der Waals surface area contributed by atoms with Crippen LogP contribution in [0.5, 0.6) is 0 Å². The van der Waals surface area contributed by atoms with Crippen molar-refractivity contribution in [3.05, 3.63) is 0 Å². The van der Waals surface area contributed by atoms with E-state index in [-0.39, 0.29) is 123 Å². The number of hydrogen-bond donors (Lipinski definition) is 15. The van der Waals surface area contributed by atoms with Crippen molar-refractivity contribution in [3.63, 3.8) is 0 Å². The first-order chi connectivity index (χ1) is 33.0. The fourth-order valence-corrected chi connectivity index (χ4v) is 5.15. The van der Waals surface area contributed by atoms with E-state index in [1.165, 1.54) is 0 Å². The molecule has 4 atom stereocenters. The molecule has 0 radical (unpaired) electrons. The van der Waals surface area contributed by atoms with Crippen LogP contribution in [0.15, 0.2) is 0 Å². The van der Waals surface area contributed by atoms with Gasteiger partial charge >= 0.3 is 0 Å². The van der Waals surface area contributed by atoms with Gasteiger partial charge in [-0.2, -0.15) is 0 Å². The lowest BCUT2D eigenvalue weighted by Gasteiger charge is -2.32. The maximum atomic E-state index is 9.29. The number of hydrogen-bond acceptors (Lipinski definition) is 24. The van der Waals surface area contributed by atoms with Gasteiger partial charge in [0.05, 0.1) is 157 Å². The average Bonchev–Trinajstić information content (AvgIpc) is 3.34. The average molecular weight is 1020 g/mol. The van der Waals surface area contributed by atoms with Gasteiger partial charge in [0.1, 0.15) is 12.7 Å². The Morgan fingerprint density at radius 1 is 0.435 bits per heavy atom. The molecule has 0 aromatic rings. The standard InChI is InChI=1S/C15H32O7.C12H26O7.C6H15NO3.2C6H14O3/c1-5-15(9-19-6-12(2)16,10-20-7-13(3)17)11-21-8-14(4)22-18;1-2-12(9-16-5-3-13,10-17-6-4-14)11-18-7-8-19-15;8-4-1-7(2-5-9)3-6-10;1-2-6(3-7,4-8)5-9;7-4-2-1-3-6(9)5-8/h12-14,16-18H,5-11H2,1-4H3;13-15H,2-11H2,1H3;8-10H,1-6H2;7-9H,2-5H2,1H3;6-9H,1-5H2. The van der Waals surface area contributed by atoms with Crippen LogP contribution in [0.25, 0.3) is 0 Å². The van der Waals surface area contributed by atoms with Crippen LogP contribution < -0.4 is 0 Å². The second-order valence-electron chi connectivity index (χ2n) is 16.7. The molecule has 0 aromatic heterocycles. The number of unbranched alkanes of at least 4 members (excludes halogenated alkanes) is 1. The van der Waals surface area contributed by atoms with E-state index < -0.39 is 29.8 Å². The molecule has 24 heteroatoms. The normalized spacial score (nSPS) is 14.2. The van der Waals surface area contributed by atoms with Crippen LogP contribution in [-0.2, 0) is 38.2 Å². The lowest BCUT2D eigenvalue weighted by Crippen LogP contribution is -2.39. The lowest BCUT2D eigenvalue weighted by molar-refractivity contribution is -0.283. The van der Waals surface area contributed by atoms with Crippen LogP contribution in [0.1, 0.15) is 80.1 Å². The van der Waals surface area contributed by atoms with Crippen molar-refractivity contribution in [2.75, 3.05) is 172 Å². The molecule has 0 aromatic carbocycles. The summed E-state index contributed by atoms with van der Waals surface area (Å²) in [4.78, 5) is 9.90. The Kier molecular flexibility index (Phi) is 62.8. The first kappa shape index (κ1) is 76.9. The summed E-state index contributed by atoms with van der Waals surface area (Å²) in [6.07, 6.45) is 2.10. The highest BCUT2D eigenvalue weighted by atomic mass is 17.1. The van der Waals surface area contributed by atoms with Crippen molar-refractivity contribution < 1.29 is 115 Å². The van der Waals surface area contributed by atoms with Crippen molar-refractivity contribution in [2.45, 2.75) is 104 Å². The van der Waals surface area contributed by atoms with E-state index in [1.54, 1.807) is 25.7 Å². The molecule has 0 heterocycles. The van der Waals surface area contributed by atoms with Crippen molar-refractivity contribution in [1.29, 1.82) is 0 Å². The molecular formula is C45H101NO23. The summed E-state index contributed by atoms with van der Waals surface area (Å²) in [6.45, 7) is 16.0. The summed E-state index contributed by atoms with van der Waals surface area (Å²) in [5.74, 6) is 0. The zero-order valence-corrected chi connectivity index (χ0v) is 42.9. The molecule has 0 spiro atoms. The van der Waals surface area contributed by atoms with Gasteiger partial charge in [-0.25, -0.2) is 9.78 Å². The van der Waals surface area contributed by atoms with Crippen LogP contribution in [0.2, 0.25) is 0 Å². The van der Waals surface area contributed by atoms with Gasteiger partial charge in [0, 0.05) is 42.5 Å². The van der Waals surface area contributed by atoms with E-state index in [9.17, 15) is 10.2 Å². The summed E-state index contributed by atoms with van der Waals surface area (Å²) in [5.41, 5.74) is -1.38. The van der Waals surface area contributed by atoms with Crippen molar-refractivity contribution in [1.82, 2.24) is 4.90 Å². The number of nitrogens with zero attached hydrogens (tertiary/aromatic N) is 1. The predicted molar refractivity (Wildman–Crippen MR) is 255 cm³/mol. The maximum absolute atomic E-state index is 9.29. The van der Waals surface area contributed by atoms with E-state index in [0.717, 1.165) is 19.3 Å². The number of aliphatic hydroxyl groups excluding tert-OH is 13. The molecule has 0 saturated carbocycles. The third-order valence-corrected chi connectivity index (χ3v) is 10.2. The van der Waals surface area contributed by atoms with Crippen LogP contribution in [0.4, 0.5) is 0 Å². The first-order valence-electron chi connectivity index (χ1n) is 23.9. The Hall–Kier alpha value is -0.960. The van der Waals surface area contributed by atoms with Gasteiger partial charge in [0.25, 0.3) is 0 Å². The summed E-state index contributed by atoms with van der Waals surface area (Å²) >= 11 is 0. The highest BCUT2D eigenvalue weighted by molar-refractivity contribution is 4.79. The fraction of sp³-hybridized carbons (Fsp3) is 1.00. The third kappa shape index (κ3) is 50.4. The maximum Gasteiger partial charge on any atom is 0.113 e. The van der Waals surface area contributed by atoms with Gasteiger partial charge in [-0.1, -0.05) is 20.8 Å². The molecule has 0 aliphatic heterocycles. The molecule has 0 bridgehead atoms. The Balaban J connectivity index is -0.000000262. The molecule has 4 unspecified atom stereocenters. The van der Waals surface area contributed by atoms with Crippen molar-refractivity contribution >= 4 is 0 Å². The van der Waals surface area contributed by atoms with E-state index in [4.69, 9.17) is 95.1 Å². The summed E-state index contributed by atoms with van der Waals surface area (Å²) in [5, 5.41) is 130. The third-order valence-electron chi connectivity index (χ3n) is 10.2. The molecule has 0 aliphatic carbocycles. The number of aliphatic hydroxyl groups is 13. The molecule has 69 heavy (non-hydrogen) atoms. The fourth-order valence-electron chi connectivity index (χ4n) is 5.15. The zero-order chi connectivity index (χ0) is 53.7.